The van der Waals surface area contributed by atoms with E-state index in [-0.39, 0.29) is 12.4 Å². The van der Waals surface area contributed by atoms with E-state index in [0.29, 0.717) is 6.07 Å². The molecule has 0 saturated carbocycles. The number of halogens is 4. The van der Waals surface area contributed by atoms with Crippen molar-refractivity contribution in [2.24, 2.45) is 0 Å². The van der Waals surface area contributed by atoms with Crippen molar-refractivity contribution in [3.63, 3.8) is 0 Å². The van der Waals surface area contributed by atoms with Crippen molar-refractivity contribution in [1.29, 1.82) is 0 Å². The van der Waals surface area contributed by atoms with Gasteiger partial charge in [-0.15, -0.1) is 0 Å². The predicted octanol–water partition coefficient (Wildman–Crippen LogP) is 4.42. The minimum absolute atomic E-state index is 0.0849. The van der Waals surface area contributed by atoms with Crippen molar-refractivity contribution in [1.82, 2.24) is 0 Å². The Labute approximate surface area is 107 Å². The summed E-state index contributed by atoms with van der Waals surface area (Å²) < 4.78 is 55.7. The maximum Gasteiger partial charge on any atom is 0.416 e. The molecule has 0 radical (unpaired) electrons. The maximum absolute atomic E-state index is 13.1. The van der Waals surface area contributed by atoms with Crippen LogP contribution < -0.4 is 4.74 Å². The number of benzene rings is 2. The van der Waals surface area contributed by atoms with Crippen LogP contribution in [0.2, 0.25) is 0 Å². The Bertz CT molecular complexity index is 549. The van der Waals surface area contributed by atoms with Crippen molar-refractivity contribution in [2.45, 2.75) is 12.8 Å². The van der Waals surface area contributed by atoms with Crippen LogP contribution in [0.1, 0.15) is 11.1 Å². The zero-order chi connectivity index (χ0) is 13.9. The summed E-state index contributed by atoms with van der Waals surface area (Å²) in [6.45, 7) is 0.0849. The van der Waals surface area contributed by atoms with E-state index >= 15 is 0 Å². The van der Waals surface area contributed by atoms with Crippen LogP contribution in [0.25, 0.3) is 0 Å². The highest BCUT2D eigenvalue weighted by molar-refractivity contribution is 5.31. The van der Waals surface area contributed by atoms with Gasteiger partial charge in [-0.25, -0.2) is 4.39 Å². The first-order chi connectivity index (χ1) is 8.95. The number of alkyl halides is 3. The summed E-state index contributed by atoms with van der Waals surface area (Å²) >= 11 is 0. The molecule has 0 spiro atoms. The molecule has 2 aromatic rings. The molecule has 2 rings (SSSR count). The predicted molar refractivity (Wildman–Crippen MR) is 62.2 cm³/mol. The Kier molecular flexibility index (Phi) is 3.74. The fourth-order valence-corrected chi connectivity index (χ4v) is 1.55. The molecule has 0 amide bonds. The van der Waals surface area contributed by atoms with Gasteiger partial charge in [0.2, 0.25) is 0 Å². The lowest BCUT2D eigenvalue weighted by atomic mass is 10.2. The number of ether oxygens (including phenoxy) is 1. The standard InChI is InChI=1S/C14H10F4O/c15-12-6-11(14(16,17)18)7-13(8-12)19-9-10-4-2-1-3-5-10/h1-8H,9H2. The Morgan fingerprint density at radius 1 is 0.947 bits per heavy atom. The van der Waals surface area contributed by atoms with Gasteiger partial charge in [0.25, 0.3) is 0 Å². The lowest BCUT2D eigenvalue weighted by Gasteiger charge is -2.10. The topological polar surface area (TPSA) is 9.23 Å². The molecule has 0 fully saturated rings. The number of hydrogen-bond acceptors (Lipinski definition) is 1. The fraction of sp³-hybridized carbons (Fsp3) is 0.143. The van der Waals surface area contributed by atoms with Crippen molar-refractivity contribution in [3.8, 4) is 5.75 Å². The van der Waals surface area contributed by atoms with Gasteiger partial charge in [0.15, 0.2) is 0 Å². The average molecular weight is 270 g/mol. The third-order valence-electron chi connectivity index (χ3n) is 2.45. The lowest BCUT2D eigenvalue weighted by molar-refractivity contribution is -0.137. The summed E-state index contributed by atoms with van der Waals surface area (Å²) in [5, 5.41) is 0. The van der Waals surface area contributed by atoms with Gasteiger partial charge in [0, 0.05) is 6.07 Å². The second kappa shape index (κ2) is 5.30. The molecule has 0 aromatic heterocycles. The van der Waals surface area contributed by atoms with E-state index in [1.54, 1.807) is 24.3 Å². The first-order valence-electron chi connectivity index (χ1n) is 5.50. The monoisotopic (exact) mass is 270 g/mol. The zero-order valence-corrected chi connectivity index (χ0v) is 9.75. The molecule has 0 aliphatic heterocycles. The lowest BCUT2D eigenvalue weighted by Crippen LogP contribution is -2.06. The quantitative estimate of drug-likeness (QED) is 0.750. The summed E-state index contributed by atoms with van der Waals surface area (Å²) in [6, 6.07) is 11.1. The van der Waals surface area contributed by atoms with Crippen molar-refractivity contribution < 1.29 is 22.3 Å². The summed E-state index contributed by atoms with van der Waals surface area (Å²) in [5.41, 5.74) is -0.268. The average Bonchev–Trinajstić information content (AvgIpc) is 2.36. The molecule has 0 aliphatic carbocycles. The molecular weight excluding hydrogens is 260 g/mol. The minimum atomic E-state index is -4.59. The van der Waals surface area contributed by atoms with Crippen LogP contribution in [0.3, 0.4) is 0 Å². The van der Waals surface area contributed by atoms with E-state index in [4.69, 9.17) is 4.74 Å². The minimum Gasteiger partial charge on any atom is -0.489 e. The molecule has 0 bridgehead atoms. The highest BCUT2D eigenvalue weighted by Gasteiger charge is 2.31. The van der Waals surface area contributed by atoms with Gasteiger partial charge in [-0.05, 0) is 17.7 Å². The first-order valence-corrected chi connectivity index (χ1v) is 5.50. The summed E-state index contributed by atoms with van der Waals surface area (Å²) in [5.74, 6) is -1.12. The van der Waals surface area contributed by atoms with E-state index < -0.39 is 17.6 Å². The van der Waals surface area contributed by atoms with Gasteiger partial charge < -0.3 is 4.74 Å². The van der Waals surface area contributed by atoms with E-state index in [0.717, 1.165) is 17.7 Å². The second-order valence-corrected chi connectivity index (χ2v) is 3.95. The molecule has 19 heavy (non-hydrogen) atoms. The SMILES string of the molecule is Fc1cc(OCc2ccccc2)cc(C(F)(F)F)c1. The second-order valence-electron chi connectivity index (χ2n) is 3.95. The van der Waals surface area contributed by atoms with Gasteiger partial charge in [0.05, 0.1) is 5.56 Å². The van der Waals surface area contributed by atoms with Crippen LogP contribution in [0.5, 0.6) is 5.75 Å². The molecule has 1 nitrogen and oxygen atoms in total. The zero-order valence-electron chi connectivity index (χ0n) is 9.75. The number of hydrogen-bond donors (Lipinski definition) is 0. The van der Waals surface area contributed by atoms with Crippen LogP contribution >= 0.6 is 0 Å². The molecule has 2 aromatic carbocycles. The Balaban J connectivity index is 2.15. The van der Waals surface area contributed by atoms with Gasteiger partial charge in [-0.1, -0.05) is 30.3 Å². The Morgan fingerprint density at radius 3 is 2.26 bits per heavy atom. The van der Waals surface area contributed by atoms with E-state index in [1.807, 2.05) is 6.07 Å². The van der Waals surface area contributed by atoms with Crippen molar-refractivity contribution >= 4 is 0 Å². The first kappa shape index (κ1) is 13.4. The van der Waals surface area contributed by atoms with Crippen LogP contribution in [-0.4, -0.2) is 0 Å². The van der Waals surface area contributed by atoms with Gasteiger partial charge in [-0.3, -0.25) is 0 Å². The molecule has 0 heterocycles. The largest absolute Gasteiger partial charge is 0.489 e. The van der Waals surface area contributed by atoms with E-state index in [9.17, 15) is 17.6 Å². The van der Waals surface area contributed by atoms with Gasteiger partial charge >= 0.3 is 6.18 Å². The fourth-order valence-electron chi connectivity index (χ4n) is 1.55. The summed E-state index contributed by atoms with van der Waals surface area (Å²) in [4.78, 5) is 0. The van der Waals surface area contributed by atoms with Crippen LogP contribution in [0.15, 0.2) is 48.5 Å². The maximum atomic E-state index is 13.1. The van der Waals surface area contributed by atoms with Crippen molar-refractivity contribution in [2.75, 3.05) is 0 Å². The van der Waals surface area contributed by atoms with E-state index in [1.165, 1.54) is 0 Å². The molecule has 0 saturated heterocycles. The molecule has 0 atom stereocenters. The summed E-state index contributed by atoms with van der Waals surface area (Å²) in [6.07, 6.45) is -4.59. The Morgan fingerprint density at radius 2 is 1.63 bits per heavy atom. The smallest absolute Gasteiger partial charge is 0.416 e. The molecule has 0 unspecified atom stereocenters. The van der Waals surface area contributed by atoms with Crippen LogP contribution in [-0.2, 0) is 12.8 Å². The highest BCUT2D eigenvalue weighted by atomic mass is 19.4. The van der Waals surface area contributed by atoms with Gasteiger partial charge in [-0.2, -0.15) is 13.2 Å². The highest BCUT2D eigenvalue weighted by Crippen LogP contribution is 2.32. The third-order valence-corrected chi connectivity index (χ3v) is 2.45. The van der Waals surface area contributed by atoms with Crippen LogP contribution in [0.4, 0.5) is 17.6 Å². The molecule has 0 aliphatic rings. The van der Waals surface area contributed by atoms with Gasteiger partial charge in [0.1, 0.15) is 18.2 Å². The molecule has 0 N–H and O–H groups in total. The normalized spacial score (nSPS) is 11.4. The number of rotatable bonds is 3. The van der Waals surface area contributed by atoms with E-state index in [2.05, 4.69) is 0 Å². The summed E-state index contributed by atoms with van der Waals surface area (Å²) in [7, 11) is 0. The molecule has 100 valence electrons. The molecular formula is C14H10F4O. The third kappa shape index (κ3) is 3.71. The van der Waals surface area contributed by atoms with Crippen molar-refractivity contribution in [3.05, 3.63) is 65.5 Å². The molecule has 5 heteroatoms. The Hall–Kier alpha value is -2.04. The van der Waals surface area contributed by atoms with Crippen LogP contribution in [0, 0.1) is 5.82 Å².